The van der Waals surface area contributed by atoms with Crippen LogP contribution in [0.1, 0.15) is 30.9 Å². The number of benzene rings is 1. The minimum Gasteiger partial charge on any atom is -0.496 e. The molecule has 130 valence electrons. The van der Waals surface area contributed by atoms with Crippen LogP contribution in [0.3, 0.4) is 0 Å². The fourth-order valence-corrected chi connectivity index (χ4v) is 4.29. The van der Waals surface area contributed by atoms with E-state index in [9.17, 15) is 4.79 Å². The summed E-state index contributed by atoms with van der Waals surface area (Å²) in [7, 11) is 1.63. The SMILES string of the molecule is COc1ccc(C2C3=C(CCCC3=O)Nc3nc(SC)nn32)cc1Br. The van der Waals surface area contributed by atoms with E-state index in [0.717, 1.165) is 39.9 Å². The molecule has 4 rings (SSSR count). The van der Waals surface area contributed by atoms with Crippen LogP contribution in [0, 0.1) is 0 Å². The Balaban J connectivity index is 1.90. The minimum atomic E-state index is -0.269. The van der Waals surface area contributed by atoms with E-state index in [2.05, 4.69) is 31.3 Å². The average Bonchev–Trinajstić information content (AvgIpc) is 3.03. The lowest BCUT2D eigenvalue weighted by Gasteiger charge is -2.32. The van der Waals surface area contributed by atoms with Gasteiger partial charge in [-0.15, -0.1) is 5.10 Å². The number of fused-ring (bicyclic) bond motifs is 1. The highest BCUT2D eigenvalue weighted by Gasteiger charge is 2.36. The number of hydrogen-bond acceptors (Lipinski definition) is 6. The Kier molecular flexibility index (Phi) is 4.33. The van der Waals surface area contributed by atoms with E-state index in [-0.39, 0.29) is 11.8 Å². The lowest BCUT2D eigenvalue weighted by molar-refractivity contribution is -0.116. The zero-order valence-electron chi connectivity index (χ0n) is 13.9. The van der Waals surface area contributed by atoms with Gasteiger partial charge in [0.05, 0.1) is 11.6 Å². The summed E-state index contributed by atoms with van der Waals surface area (Å²) in [5.74, 6) is 1.62. The number of nitrogens with zero attached hydrogens (tertiary/aromatic N) is 3. The first-order valence-electron chi connectivity index (χ1n) is 7.99. The molecule has 1 aliphatic carbocycles. The van der Waals surface area contributed by atoms with E-state index < -0.39 is 0 Å². The lowest BCUT2D eigenvalue weighted by atomic mass is 9.85. The summed E-state index contributed by atoms with van der Waals surface area (Å²) >= 11 is 5.03. The van der Waals surface area contributed by atoms with Crippen LogP contribution in [0.5, 0.6) is 5.75 Å². The van der Waals surface area contributed by atoms with Gasteiger partial charge in [0.1, 0.15) is 11.8 Å². The molecule has 1 aliphatic heterocycles. The Morgan fingerprint density at radius 1 is 1.40 bits per heavy atom. The first-order valence-corrected chi connectivity index (χ1v) is 10.0. The van der Waals surface area contributed by atoms with Gasteiger partial charge >= 0.3 is 0 Å². The number of ketones is 1. The van der Waals surface area contributed by atoms with Crippen molar-refractivity contribution in [2.45, 2.75) is 30.5 Å². The molecule has 0 amide bonds. The molecule has 6 nitrogen and oxygen atoms in total. The van der Waals surface area contributed by atoms with Crippen LogP contribution in [0.15, 0.2) is 39.1 Å². The number of hydrogen-bond donors (Lipinski definition) is 1. The smallest absolute Gasteiger partial charge is 0.227 e. The molecule has 1 aromatic heterocycles. The van der Waals surface area contributed by atoms with Gasteiger partial charge < -0.3 is 10.1 Å². The molecular formula is C17H17BrN4O2S. The average molecular weight is 421 g/mol. The van der Waals surface area contributed by atoms with E-state index in [1.165, 1.54) is 11.8 Å². The van der Waals surface area contributed by atoms with Gasteiger partial charge in [-0.25, -0.2) is 4.68 Å². The number of aromatic nitrogens is 3. The second-order valence-corrected chi connectivity index (χ2v) is 7.58. The zero-order chi connectivity index (χ0) is 17.6. The number of methoxy groups -OCH3 is 1. The van der Waals surface area contributed by atoms with Gasteiger partial charge in [-0.3, -0.25) is 4.79 Å². The first-order chi connectivity index (χ1) is 12.1. The molecule has 1 atom stereocenters. The second kappa shape index (κ2) is 6.49. The Bertz CT molecular complexity index is 893. The van der Waals surface area contributed by atoms with Gasteiger partial charge in [-0.05, 0) is 52.7 Å². The lowest BCUT2D eigenvalue weighted by Crippen LogP contribution is -2.31. The molecule has 0 saturated carbocycles. The van der Waals surface area contributed by atoms with Crippen LogP contribution in [0.4, 0.5) is 5.95 Å². The summed E-state index contributed by atoms with van der Waals surface area (Å²) in [6, 6.07) is 5.61. The molecule has 1 N–H and O–H groups in total. The Morgan fingerprint density at radius 3 is 2.96 bits per heavy atom. The molecule has 1 unspecified atom stereocenters. The van der Waals surface area contributed by atoms with E-state index in [4.69, 9.17) is 4.74 Å². The number of carbonyl (C=O) groups excluding carboxylic acids is 1. The molecule has 2 aliphatic rings. The van der Waals surface area contributed by atoms with Crippen LogP contribution in [-0.4, -0.2) is 33.9 Å². The van der Waals surface area contributed by atoms with Crippen molar-refractivity contribution in [3.05, 3.63) is 39.5 Å². The highest BCUT2D eigenvalue weighted by atomic mass is 79.9. The number of thioether (sulfide) groups is 1. The largest absolute Gasteiger partial charge is 0.496 e. The predicted molar refractivity (Wildman–Crippen MR) is 100 cm³/mol. The van der Waals surface area contributed by atoms with E-state index in [1.807, 2.05) is 29.1 Å². The predicted octanol–water partition coefficient (Wildman–Crippen LogP) is 3.79. The van der Waals surface area contributed by atoms with E-state index >= 15 is 0 Å². The number of rotatable bonds is 3. The van der Waals surface area contributed by atoms with Crippen LogP contribution in [0.2, 0.25) is 0 Å². The standard InChI is InChI=1S/C17H17BrN4O2S/c1-24-13-7-6-9(8-10(13)18)15-14-11(4-3-5-12(14)23)19-16-20-17(25-2)21-22(15)16/h6-8,15H,3-5H2,1-2H3,(H,19,20,21). The second-order valence-electron chi connectivity index (χ2n) is 5.96. The normalized spacial score (nSPS) is 19.3. The molecular weight excluding hydrogens is 404 g/mol. The zero-order valence-corrected chi connectivity index (χ0v) is 16.3. The van der Waals surface area contributed by atoms with Crippen molar-refractivity contribution in [1.82, 2.24) is 14.8 Å². The number of ether oxygens (including phenoxy) is 1. The van der Waals surface area contributed by atoms with Gasteiger partial charge in [0, 0.05) is 17.7 Å². The fraction of sp³-hybridized carbons (Fsp3) is 0.353. The van der Waals surface area contributed by atoms with Crippen LogP contribution >= 0.6 is 27.7 Å². The molecule has 2 heterocycles. The maximum absolute atomic E-state index is 12.7. The Labute approximate surface area is 158 Å². The summed E-state index contributed by atoms with van der Waals surface area (Å²) in [5.41, 5.74) is 2.75. The molecule has 25 heavy (non-hydrogen) atoms. The molecule has 0 saturated heterocycles. The van der Waals surface area contributed by atoms with Crippen molar-refractivity contribution >= 4 is 39.4 Å². The summed E-state index contributed by atoms with van der Waals surface area (Å²) in [5, 5.41) is 8.60. The van der Waals surface area contributed by atoms with Crippen molar-refractivity contribution in [3.8, 4) is 5.75 Å². The van der Waals surface area contributed by atoms with Crippen LogP contribution < -0.4 is 10.1 Å². The molecule has 0 fully saturated rings. The highest BCUT2D eigenvalue weighted by molar-refractivity contribution is 9.10. The van der Waals surface area contributed by atoms with Gasteiger partial charge in [0.25, 0.3) is 0 Å². The van der Waals surface area contributed by atoms with Crippen molar-refractivity contribution in [3.63, 3.8) is 0 Å². The number of halogens is 1. The number of anilines is 1. The Morgan fingerprint density at radius 2 is 2.24 bits per heavy atom. The molecule has 0 radical (unpaired) electrons. The highest BCUT2D eigenvalue weighted by Crippen LogP contribution is 2.41. The van der Waals surface area contributed by atoms with Crippen LogP contribution in [0.25, 0.3) is 0 Å². The molecule has 1 aromatic carbocycles. The number of carbonyl (C=O) groups is 1. The van der Waals surface area contributed by atoms with Gasteiger partial charge in [-0.2, -0.15) is 4.98 Å². The first kappa shape index (κ1) is 16.7. The number of nitrogens with one attached hydrogen (secondary N) is 1. The van der Waals surface area contributed by atoms with Gasteiger partial charge in [0.2, 0.25) is 11.1 Å². The van der Waals surface area contributed by atoms with Crippen molar-refractivity contribution in [2.24, 2.45) is 0 Å². The third-order valence-electron chi connectivity index (χ3n) is 4.52. The molecule has 0 bridgehead atoms. The minimum absolute atomic E-state index is 0.178. The van der Waals surface area contributed by atoms with Crippen molar-refractivity contribution in [1.29, 1.82) is 0 Å². The van der Waals surface area contributed by atoms with Gasteiger partial charge in [0.15, 0.2) is 5.78 Å². The summed E-state index contributed by atoms with van der Waals surface area (Å²) in [4.78, 5) is 17.2. The fourth-order valence-electron chi connectivity index (χ4n) is 3.38. The maximum atomic E-state index is 12.7. The molecule has 0 spiro atoms. The topological polar surface area (TPSA) is 69.0 Å². The Hall–Kier alpha value is -1.80. The monoisotopic (exact) mass is 420 g/mol. The third-order valence-corrected chi connectivity index (χ3v) is 5.68. The van der Waals surface area contributed by atoms with E-state index in [1.54, 1.807) is 7.11 Å². The number of Topliss-reactive ketones (excluding diaryl/α,β-unsaturated/α-hetero) is 1. The van der Waals surface area contributed by atoms with Crippen molar-refractivity contribution < 1.29 is 9.53 Å². The quantitative estimate of drug-likeness (QED) is 0.761. The van der Waals surface area contributed by atoms with Gasteiger partial charge in [-0.1, -0.05) is 17.8 Å². The number of allylic oxidation sites excluding steroid dienone is 2. The molecule has 2 aromatic rings. The molecule has 8 heteroatoms. The summed E-state index contributed by atoms with van der Waals surface area (Å²) in [6.07, 6.45) is 4.25. The summed E-state index contributed by atoms with van der Waals surface area (Å²) < 4.78 is 8.00. The summed E-state index contributed by atoms with van der Waals surface area (Å²) in [6.45, 7) is 0. The van der Waals surface area contributed by atoms with Crippen LogP contribution in [-0.2, 0) is 4.79 Å². The van der Waals surface area contributed by atoms with Crippen molar-refractivity contribution in [2.75, 3.05) is 18.7 Å². The maximum Gasteiger partial charge on any atom is 0.227 e. The third kappa shape index (κ3) is 2.77. The van der Waals surface area contributed by atoms with E-state index in [0.29, 0.717) is 17.5 Å².